The van der Waals surface area contributed by atoms with E-state index in [1.54, 1.807) is 0 Å². The van der Waals surface area contributed by atoms with E-state index in [4.69, 9.17) is 11.6 Å². The van der Waals surface area contributed by atoms with Gasteiger partial charge in [-0.15, -0.1) is 0 Å². The maximum atomic E-state index is 5.81. The van der Waals surface area contributed by atoms with E-state index in [-0.39, 0.29) is 0 Å². The van der Waals surface area contributed by atoms with Crippen LogP contribution < -0.4 is 5.32 Å². The average Bonchev–Trinajstić information content (AvgIpc) is 2.20. The first-order valence-electron chi connectivity index (χ1n) is 4.56. The van der Waals surface area contributed by atoms with Crippen LogP contribution in [0.4, 0.5) is 0 Å². The second kappa shape index (κ2) is 3.84. The molecular weight excluding hydrogens is 182 g/mol. The first-order valence-corrected chi connectivity index (χ1v) is 4.94. The van der Waals surface area contributed by atoms with E-state index in [2.05, 4.69) is 11.4 Å². The Balaban J connectivity index is 2.24. The summed E-state index contributed by atoms with van der Waals surface area (Å²) in [5.41, 5.74) is 2.46. The standard InChI is InChI=1S/C11H12ClN/c12-10-6-4-9(5-7-10)11-3-1-2-8-13-11/h3-7,13H,1-2,8H2. The van der Waals surface area contributed by atoms with Crippen LogP contribution in [0.25, 0.3) is 5.70 Å². The Kier molecular flexibility index (Phi) is 2.55. The molecule has 1 nitrogen and oxygen atoms in total. The van der Waals surface area contributed by atoms with Crippen molar-refractivity contribution in [3.8, 4) is 0 Å². The molecule has 2 rings (SSSR count). The Morgan fingerprint density at radius 2 is 1.92 bits per heavy atom. The number of rotatable bonds is 1. The smallest absolute Gasteiger partial charge is 0.0406 e. The van der Waals surface area contributed by atoms with Gasteiger partial charge in [0.1, 0.15) is 0 Å². The van der Waals surface area contributed by atoms with Gasteiger partial charge in [0.2, 0.25) is 0 Å². The van der Waals surface area contributed by atoms with Crippen LogP contribution in [0.3, 0.4) is 0 Å². The second-order valence-electron chi connectivity index (χ2n) is 3.19. The molecule has 1 aliphatic heterocycles. The van der Waals surface area contributed by atoms with Crippen molar-refractivity contribution in [3.05, 3.63) is 40.9 Å². The van der Waals surface area contributed by atoms with Crippen LogP contribution in [0.2, 0.25) is 5.02 Å². The lowest BCUT2D eigenvalue weighted by atomic mass is 10.1. The molecule has 1 N–H and O–H groups in total. The first-order chi connectivity index (χ1) is 6.36. The zero-order valence-corrected chi connectivity index (χ0v) is 8.14. The van der Waals surface area contributed by atoms with Crippen molar-refractivity contribution in [2.24, 2.45) is 0 Å². The van der Waals surface area contributed by atoms with Crippen LogP contribution in [0, 0.1) is 0 Å². The van der Waals surface area contributed by atoms with Crippen molar-refractivity contribution in [1.82, 2.24) is 5.32 Å². The summed E-state index contributed by atoms with van der Waals surface area (Å²) in [6.07, 6.45) is 4.65. The summed E-state index contributed by atoms with van der Waals surface area (Å²) in [4.78, 5) is 0. The van der Waals surface area contributed by atoms with Crippen molar-refractivity contribution in [2.45, 2.75) is 12.8 Å². The van der Waals surface area contributed by atoms with E-state index in [1.807, 2.05) is 24.3 Å². The third-order valence-electron chi connectivity index (χ3n) is 2.20. The maximum Gasteiger partial charge on any atom is 0.0406 e. The predicted octanol–water partition coefficient (Wildman–Crippen LogP) is 3.06. The third kappa shape index (κ3) is 2.04. The second-order valence-corrected chi connectivity index (χ2v) is 3.63. The quantitative estimate of drug-likeness (QED) is 0.723. The fourth-order valence-electron chi connectivity index (χ4n) is 1.49. The number of nitrogens with one attached hydrogen (secondary N) is 1. The summed E-state index contributed by atoms with van der Waals surface area (Å²) in [6, 6.07) is 7.95. The Morgan fingerprint density at radius 3 is 2.54 bits per heavy atom. The van der Waals surface area contributed by atoms with Gasteiger partial charge in [-0.1, -0.05) is 29.8 Å². The predicted molar refractivity (Wildman–Crippen MR) is 56.7 cm³/mol. The van der Waals surface area contributed by atoms with Crippen LogP contribution in [-0.2, 0) is 0 Å². The summed E-state index contributed by atoms with van der Waals surface area (Å²) in [7, 11) is 0. The van der Waals surface area contributed by atoms with Crippen molar-refractivity contribution >= 4 is 17.3 Å². The highest BCUT2D eigenvalue weighted by Crippen LogP contribution is 2.18. The molecule has 2 heteroatoms. The topological polar surface area (TPSA) is 12.0 Å². The van der Waals surface area contributed by atoms with E-state index in [0.717, 1.165) is 11.6 Å². The molecule has 1 aliphatic rings. The normalized spacial score (nSPS) is 16.2. The summed E-state index contributed by atoms with van der Waals surface area (Å²) in [6.45, 7) is 1.08. The minimum absolute atomic E-state index is 0.792. The SMILES string of the molecule is Clc1ccc(C2=CCCCN2)cc1. The van der Waals surface area contributed by atoms with Gasteiger partial charge in [-0.05, 0) is 30.5 Å². The van der Waals surface area contributed by atoms with Gasteiger partial charge in [0.05, 0.1) is 0 Å². The van der Waals surface area contributed by atoms with Gasteiger partial charge in [-0.25, -0.2) is 0 Å². The number of hydrogen-bond donors (Lipinski definition) is 1. The van der Waals surface area contributed by atoms with E-state index in [0.29, 0.717) is 0 Å². The van der Waals surface area contributed by atoms with Crippen molar-refractivity contribution < 1.29 is 0 Å². The third-order valence-corrected chi connectivity index (χ3v) is 2.45. The zero-order valence-electron chi connectivity index (χ0n) is 7.39. The minimum Gasteiger partial charge on any atom is -0.385 e. The molecular formula is C11H12ClN. The molecule has 0 amide bonds. The Bertz CT molecular complexity index is 313. The van der Waals surface area contributed by atoms with E-state index in [9.17, 15) is 0 Å². The van der Waals surface area contributed by atoms with Gasteiger partial charge < -0.3 is 5.32 Å². The molecule has 0 atom stereocenters. The molecule has 1 aromatic rings. The highest BCUT2D eigenvalue weighted by Gasteiger charge is 2.03. The van der Waals surface area contributed by atoms with Crippen LogP contribution >= 0.6 is 11.6 Å². The van der Waals surface area contributed by atoms with E-state index >= 15 is 0 Å². The van der Waals surface area contributed by atoms with Gasteiger partial charge in [-0.3, -0.25) is 0 Å². The summed E-state index contributed by atoms with van der Waals surface area (Å²) < 4.78 is 0. The molecule has 0 aliphatic carbocycles. The lowest BCUT2D eigenvalue weighted by molar-refractivity contribution is 0.743. The van der Waals surface area contributed by atoms with Crippen molar-refractivity contribution in [3.63, 3.8) is 0 Å². The first kappa shape index (κ1) is 8.64. The van der Waals surface area contributed by atoms with E-state index in [1.165, 1.54) is 24.1 Å². The molecule has 0 unspecified atom stereocenters. The lowest BCUT2D eigenvalue weighted by Crippen LogP contribution is -2.17. The summed E-state index contributed by atoms with van der Waals surface area (Å²) in [5, 5.41) is 4.16. The van der Waals surface area contributed by atoms with Gasteiger partial charge in [0, 0.05) is 17.3 Å². The molecule has 0 saturated heterocycles. The van der Waals surface area contributed by atoms with Crippen LogP contribution in [-0.4, -0.2) is 6.54 Å². The summed E-state index contributed by atoms with van der Waals surface area (Å²) >= 11 is 5.81. The largest absolute Gasteiger partial charge is 0.385 e. The van der Waals surface area contributed by atoms with Crippen molar-refractivity contribution in [2.75, 3.05) is 6.54 Å². The molecule has 1 heterocycles. The molecule has 0 bridgehead atoms. The van der Waals surface area contributed by atoms with E-state index < -0.39 is 0 Å². The molecule has 0 radical (unpaired) electrons. The van der Waals surface area contributed by atoms with Crippen molar-refractivity contribution in [1.29, 1.82) is 0 Å². The van der Waals surface area contributed by atoms with Gasteiger partial charge in [0.15, 0.2) is 0 Å². The number of halogens is 1. The van der Waals surface area contributed by atoms with Crippen LogP contribution in [0.5, 0.6) is 0 Å². The van der Waals surface area contributed by atoms with Crippen LogP contribution in [0.15, 0.2) is 30.3 Å². The van der Waals surface area contributed by atoms with Crippen LogP contribution in [0.1, 0.15) is 18.4 Å². The van der Waals surface area contributed by atoms with Gasteiger partial charge >= 0.3 is 0 Å². The summed E-state index contributed by atoms with van der Waals surface area (Å²) in [5.74, 6) is 0. The average molecular weight is 194 g/mol. The molecule has 0 saturated carbocycles. The molecule has 0 aromatic heterocycles. The highest BCUT2D eigenvalue weighted by atomic mass is 35.5. The minimum atomic E-state index is 0.792. The fourth-order valence-corrected chi connectivity index (χ4v) is 1.62. The lowest BCUT2D eigenvalue weighted by Gasteiger charge is -2.15. The Morgan fingerprint density at radius 1 is 1.15 bits per heavy atom. The molecule has 0 spiro atoms. The zero-order chi connectivity index (χ0) is 9.10. The molecule has 1 aromatic carbocycles. The number of hydrogen-bond acceptors (Lipinski definition) is 1. The highest BCUT2D eigenvalue weighted by molar-refractivity contribution is 6.30. The van der Waals surface area contributed by atoms with Gasteiger partial charge in [-0.2, -0.15) is 0 Å². The van der Waals surface area contributed by atoms with Gasteiger partial charge in [0.25, 0.3) is 0 Å². The number of allylic oxidation sites excluding steroid dienone is 1. The molecule has 0 fully saturated rings. The molecule has 13 heavy (non-hydrogen) atoms. The fraction of sp³-hybridized carbons (Fsp3) is 0.273. The molecule has 68 valence electrons. The number of benzene rings is 1. The monoisotopic (exact) mass is 193 g/mol. The Labute approximate surface area is 83.4 Å². The maximum absolute atomic E-state index is 5.81. The Hall–Kier alpha value is -0.950.